The molecule has 3 aromatic carbocycles. The van der Waals surface area contributed by atoms with E-state index in [4.69, 9.17) is 17.0 Å². The molecule has 33 heavy (non-hydrogen) atoms. The molecule has 0 aliphatic rings. The summed E-state index contributed by atoms with van der Waals surface area (Å²) in [5.74, 6) is -0.0684. The third-order valence-corrected chi connectivity index (χ3v) is 5.41. The molecule has 0 bridgehead atoms. The molecule has 0 spiro atoms. The van der Waals surface area contributed by atoms with Crippen LogP contribution in [0.1, 0.15) is 15.9 Å². The van der Waals surface area contributed by atoms with Crippen LogP contribution in [0, 0.1) is 11.7 Å². The molecule has 0 aliphatic heterocycles. The standard InChI is InChI=1S/C25H22N4O3S/c1-17-7-6-10-21(15-17)29-23(18-8-4-3-5-9-18)27-28(25(29)33)16-22(30)26-20-13-11-19(12-14-20)24(31)32-2/h3-15H,16H2,1-2H3,(H,26,30). The molecule has 0 radical (unpaired) electrons. The van der Waals surface area contributed by atoms with Crippen molar-refractivity contribution in [3.8, 4) is 17.1 Å². The number of rotatable bonds is 6. The van der Waals surface area contributed by atoms with Gasteiger partial charge in [0.05, 0.1) is 18.4 Å². The van der Waals surface area contributed by atoms with Crippen molar-refractivity contribution in [2.45, 2.75) is 13.5 Å². The number of methoxy groups -OCH3 is 1. The van der Waals surface area contributed by atoms with Gasteiger partial charge < -0.3 is 10.1 Å². The number of benzene rings is 3. The van der Waals surface area contributed by atoms with Crippen molar-refractivity contribution in [2.24, 2.45) is 0 Å². The van der Waals surface area contributed by atoms with Gasteiger partial charge >= 0.3 is 5.97 Å². The highest BCUT2D eigenvalue weighted by molar-refractivity contribution is 7.71. The Hall–Kier alpha value is -4.04. The van der Waals surface area contributed by atoms with Crippen LogP contribution in [0.5, 0.6) is 0 Å². The van der Waals surface area contributed by atoms with Gasteiger partial charge in [0.15, 0.2) is 5.82 Å². The number of hydrogen-bond donors (Lipinski definition) is 1. The summed E-state index contributed by atoms with van der Waals surface area (Å²) in [6, 6.07) is 24.1. The van der Waals surface area contributed by atoms with E-state index in [0.717, 1.165) is 16.8 Å². The highest BCUT2D eigenvalue weighted by Gasteiger charge is 2.16. The average molecular weight is 459 g/mol. The van der Waals surface area contributed by atoms with E-state index >= 15 is 0 Å². The molecular weight excluding hydrogens is 436 g/mol. The maximum absolute atomic E-state index is 12.7. The van der Waals surface area contributed by atoms with Crippen molar-refractivity contribution in [2.75, 3.05) is 12.4 Å². The Labute approximate surface area is 196 Å². The molecule has 0 unspecified atom stereocenters. The predicted octanol–water partition coefficient (Wildman–Crippen LogP) is 4.80. The van der Waals surface area contributed by atoms with Crippen LogP contribution >= 0.6 is 12.2 Å². The first-order valence-corrected chi connectivity index (χ1v) is 10.7. The van der Waals surface area contributed by atoms with Crippen molar-refractivity contribution < 1.29 is 14.3 Å². The number of carbonyl (C=O) groups is 2. The first-order chi connectivity index (χ1) is 16.0. The van der Waals surface area contributed by atoms with Crippen molar-refractivity contribution in [1.82, 2.24) is 14.3 Å². The van der Waals surface area contributed by atoms with Crippen LogP contribution in [0.2, 0.25) is 0 Å². The molecule has 0 saturated heterocycles. The summed E-state index contributed by atoms with van der Waals surface area (Å²) in [6.07, 6.45) is 0. The fraction of sp³-hybridized carbons (Fsp3) is 0.120. The van der Waals surface area contributed by atoms with Gasteiger partial charge in [-0.25, -0.2) is 9.48 Å². The van der Waals surface area contributed by atoms with Gasteiger partial charge in [-0.15, -0.1) is 0 Å². The Bertz CT molecular complexity index is 1360. The van der Waals surface area contributed by atoms with Crippen molar-refractivity contribution in [1.29, 1.82) is 0 Å². The molecule has 0 atom stereocenters. The van der Waals surface area contributed by atoms with Crippen LogP contribution in [0.15, 0.2) is 78.9 Å². The normalized spacial score (nSPS) is 10.6. The van der Waals surface area contributed by atoms with Gasteiger partial charge in [-0.2, -0.15) is 5.10 Å². The summed E-state index contributed by atoms with van der Waals surface area (Å²) in [6.45, 7) is 1.95. The minimum atomic E-state index is -0.436. The summed E-state index contributed by atoms with van der Waals surface area (Å²) in [7, 11) is 1.32. The second-order valence-electron chi connectivity index (χ2n) is 7.42. The van der Waals surface area contributed by atoms with Crippen LogP contribution in [-0.2, 0) is 16.1 Å². The van der Waals surface area contributed by atoms with Crippen molar-refractivity contribution in [3.63, 3.8) is 0 Å². The molecule has 4 rings (SSSR count). The lowest BCUT2D eigenvalue weighted by molar-refractivity contribution is -0.116. The maximum atomic E-state index is 12.7. The number of hydrogen-bond acceptors (Lipinski definition) is 5. The van der Waals surface area contributed by atoms with Gasteiger partial charge in [0.25, 0.3) is 0 Å². The molecule has 8 heteroatoms. The van der Waals surface area contributed by atoms with Gasteiger partial charge in [-0.3, -0.25) is 9.36 Å². The zero-order chi connectivity index (χ0) is 23.4. The van der Waals surface area contributed by atoms with E-state index in [1.807, 2.05) is 66.1 Å². The lowest BCUT2D eigenvalue weighted by Crippen LogP contribution is -2.20. The molecule has 0 aliphatic carbocycles. The zero-order valence-electron chi connectivity index (χ0n) is 18.2. The lowest BCUT2D eigenvalue weighted by atomic mass is 10.2. The van der Waals surface area contributed by atoms with Gasteiger partial charge in [-0.1, -0.05) is 42.5 Å². The van der Waals surface area contributed by atoms with Crippen LogP contribution in [0.4, 0.5) is 5.69 Å². The molecule has 0 saturated carbocycles. The van der Waals surface area contributed by atoms with Gasteiger partial charge in [0.2, 0.25) is 10.7 Å². The van der Waals surface area contributed by atoms with E-state index in [2.05, 4.69) is 10.4 Å². The van der Waals surface area contributed by atoms with Crippen molar-refractivity contribution in [3.05, 3.63) is 94.8 Å². The number of esters is 1. The van der Waals surface area contributed by atoms with E-state index in [0.29, 0.717) is 21.8 Å². The Morgan fingerprint density at radius 1 is 1.00 bits per heavy atom. The first-order valence-electron chi connectivity index (χ1n) is 10.3. The van der Waals surface area contributed by atoms with E-state index in [9.17, 15) is 9.59 Å². The van der Waals surface area contributed by atoms with Gasteiger partial charge in [0, 0.05) is 11.3 Å². The van der Waals surface area contributed by atoms with Gasteiger partial charge in [-0.05, 0) is 61.1 Å². The molecule has 1 aromatic heterocycles. The minimum absolute atomic E-state index is 0.0593. The number of carbonyl (C=O) groups excluding carboxylic acids is 2. The molecule has 4 aromatic rings. The topological polar surface area (TPSA) is 78.2 Å². The Kier molecular flexibility index (Phi) is 6.46. The monoisotopic (exact) mass is 458 g/mol. The first kappa shape index (κ1) is 22.2. The number of nitrogens with zero attached hydrogens (tertiary/aromatic N) is 3. The van der Waals surface area contributed by atoms with E-state index in [1.54, 1.807) is 24.3 Å². The number of anilines is 1. The molecular formula is C25H22N4O3S. The number of aryl methyl sites for hydroxylation is 1. The highest BCUT2D eigenvalue weighted by atomic mass is 32.1. The number of nitrogens with one attached hydrogen (secondary N) is 1. The number of ether oxygens (including phenoxy) is 1. The second-order valence-corrected chi connectivity index (χ2v) is 7.79. The van der Waals surface area contributed by atoms with Gasteiger partial charge in [0.1, 0.15) is 6.54 Å². The average Bonchev–Trinajstić information content (AvgIpc) is 3.15. The predicted molar refractivity (Wildman–Crippen MR) is 129 cm³/mol. The molecule has 7 nitrogen and oxygen atoms in total. The second kappa shape index (κ2) is 9.62. The van der Waals surface area contributed by atoms with Crippen LogP contribution in [0.3, 0.4) is 0 Å². The fourth-order valence-electron chi connectivity index (χ4n) is 3.43. The summed E-state index contributed by atoms with van der Waals surface area (Å²) in [5.41, 5.74) is 3.82. The third-order valence-electron chi connectivity index (χ3n) is 5.01. The minimum Gasteiger partial charge on any atom is -0.465 e. The fourth-order valence-corrected chi connectivity index (χ4v) is 3.73. The molecule has 1 heterocycles. The third kappa shape index (κ3) is 4.91. The molecule has 1 N–H and O–H groups in total. The lowest BCUT2D eigenvalue weighted by Gasteiger charge is -2.08. The molecule has 0 fully saturated rings. The molecule has 166 valence electrons. The SMILES string of the molecule is COC(=O)c1ccc(NC(=O)Cn2nc(-c3ccccc3)n(-c3cccc(C)c3)c2=S)cc1. The summed E-state index contributed by atoms with van der Waals surface area (Å²) >= 11 is 5.71. The quantitative estimate of drug-likeness (QED) is 0.332. The number of aromatic nitrogens is 3. The van der Waals surface area contributed by atoms with E-state index in [1.165, 1.54) is 11.8 Å². The van der Waals surface area contributed by atoms with Crippen molar-refractivity contribution >= 4 is 29.8 Å². The van der Waals surface area contributed by atoms with Crippen LogP contribution < -0.4 is 5.32 Å². The smallest absolute Gasteiger partial charge is 0.337 e. The van der Waals surface area contributed by atoms with E-state index in [-0.39, 0.29) is 12.5 Å². The highest BCUT2D eigenvalue weighted by Crippen LogP contribution is 2.23. The summed E-state index contributed by atoms with van der Waals surface area (Å²) in [4.78, 5) is 24.3. The van der Waals surface area contributed by atoms with E-state index < -0.39 is 5.97 Å². The summed E-state index contributed by atoms with van der Waals surface area (Å²) in [5, 5.41) is 7.48. The van der Waals surface area contributed by atoms with Crippen LogP contribution in [-0.4, -0.2) is 33.3 Å². The number of amides is 1. The maximum Gasteiger partial charge on any atom is 0.337 e. The largest absolute Gasteiger partial charge is 0.465 e. The Morgan fingerprint density at radius 2 is 1.73 bits per heavy atom. The Morgan fingerprint density at radius 3 is 2.39 bits per heavy atom. The zero-order valence-corrected chi connectivity index (χ0v) is 19.0. The van der Waals surface area contributed by atoms with Crippen LogP contribution in [0.25, 0.3) is 17.1 Å². The summed E-state index contributed by atoms with van der Waals surface area (Å²) < 4.78 is 8.49. The Balaban J connectivity index is 1.64. The molecule has 1 amide bonds.